The van der Waals surface area contributed by atoms with Gasteiger partial charge in [-0.2, -0.15) is 0 Å². The summed E-state index contributed by atoms with van der Waals surface area (Å²) in [4.78, 5) is 47.4. The maximum absolute atomic E-state index is 14.4. The number of fused-ring (bicyclic) bond motifs is 2. The summed E-state index contributed by atoms with van der Waals surface area (Å²) in [5.41, 5.74) is -1.35. The molecule has 5 rings (SSSR count). The second kappa shape index (κ2) is 9.40. The molecule has 1 aromatic rings. The van der Waals surface area contributed by atoms with Gasteiger partial charge in [0, 0.05) is 26.7 Å². The van der Waals surface area contributed by atoms with E-state index in [1.54, 1.807) is 21.7 Å². The zero-order valence-corrected chi connectivity index (χ0v) is 22.0. The first kappa shape index (κ1) is 25.7. The Balaban J connectivity index is 1.65. The number of benzene rings is 1. The molecule has 3 amide bonds. The number of aliphatic hydroxyl groups excluding tert-OH is 1. The lowest BCUT2D eigenvalue weighted by molar-refractivity contribution is -0.157. The Morgan fingerprint density at radius 1 is 1.03 bits per heavy atom. The molecule has 198 valence electrons. The van der Waals surface area contributed by atoms with Crippen molar-refractivity contribution in [1.82, 2.24) is 14.7 Å². The first-order chi connectivity index (χ1) is 17.7. The highest BCUT2D eigenvalue weighted by atomic mass is 16.5. The summed E-state index contributed by atoms with van der Waals surface area (Å²) >= 11 is 0. The minimum atomic E-state index is -1.31. The average Bonchev–Trinajstić information content (AvgIpc) is 3.17. The lowest BCUT2D eigenvalue weighted by Crippen LogP contribution is -2.59. The lowest BCUT2D eigenvalue weighted by atomic mass is 9.74. The summed E-state index contributed by atoms with van der Waals surface area (Å²) in [5, 5.41) is 10.5. The maximum atomic E-state index is 14.4. The molecule has 1 unspecified atom stereocenters. The van der Waals surface area contributed by atoms with Gasteiger partial charge in [-0.1, -0.05) is 74.9 Å². The van der Waals surface area contributed by atoms with Gasteiger partial charge in [-0.05, 0) is 18.4 Å². The van der Waals surface area contributed by atoms with Gasteiger partial charge in [0.25, 0.3) is 0 Å². The van der Waals surface area contributed by atoms with E-state index in [1.807, 2.05) is 75.4 Å². The normalized spacial score (nSPS) is 34.7. The number of aliphatic hydroxyl groups is 1. The third-order valence-corrected chi connectivity index (χ3v) is 8.84. The molecule has 0 radical (unpaired) electrons. The van der Waals surface area contributed by atoms with Crippen LogP contribution in [-0.2, 0) is 25.7 Å². The fourth-order valence-corrected chi connectivity index (χ4v) is 6.75. The van der Waals surface area contributed by atoms with Crippen LogP contribution < -0.4 is 0 Å². The van der Waals surface area contributed by atoms with Gasteiger partial charge in [-0.15, -0.1) is 0 Å². The van der Waals surface area contributed by atoms with Crippen molar-refractivity contribution in [1.29, 1.82) is 0 Å². The van der Waals surface area contributed by atoms with Crippen LogP contribution in [0, 0.1) is 17.8 Å². The standard InChI is InChI=1S/C29H37N3O5/c1-5-19(2)21(18-33)32-24-27(36)31(17-20-11-7-6-8-12-20)16-10-14-29(24)23(26(32)35)22-25(34)30(4)15-9-13-28(22,3)37-29/h6-14,19,21-24,33H,5,15-18H2,1-4H3/t19-,21-,22-,23-,24?,28+,29-/m0/s1. The zero-order chi connectivity index (χ0) is 26.5. The van der Waals surface area contributed by atoms with Gasteiger partial charge in [0.1, 0.15) is 11.6 Å². The van der Waals surface area contributed by atoms with Crippen molar-refractivity contribution in [3.63, 3.8) is 0 Å². The molecule has 4 heterocycles. The number of likely N-dealkylation sites (N-methyl/N-ethyl adjacent to an activating group) is 1. The van der Waals surface area contributed by atoms with Crippen LogP contribution in [0.3, 0.4) is 0 Å². The molecular formula is C29H37N3O5. The molecule has 0 aliphatic carbocycles. The Hall–Kier alpha value is -2.97. The molecule has 0 saturated carbocycles. The average molecular weight is 508 g/mol. The number of likely N-dealkylation sites (tertiary alicyclic amines) is 1. The number of carbonyl (C=O) groups excluding carboxylic acids is 3. The van der Waals surface area contributed by atoms with Crippen LogP contribution in [0.1, 0.15) is 32.8 Å². The predicted octanol–water partition coefficient (Wildman–Crippen LogP) is 1.99. The van der Waals surface area contributed by atoms with E-state index in [1.165, 1.54) is 0 Å². The molecule has 7 atom stereocenters. The highest BCUT2D eigenvalue weighted by Crippen LogP contribution is 2.58. The van der Waals surface area contributed by atoms with Gasteiger partial charge in [0.2, 0.25) is 17.7 Å². The number of carbonyl (C=O) groups is 3. The molecule has 0 bridgehead atoms. The molecule has 0 aromatic heterocycles. The van der Waals surface area contributed by atoms with E-state index in [9.17, 15) is 19.5 Å². The summed E-state index contributed by atoms with van der Waals surface area (Å²) in [7, 11) is 1.73. The van der Waals surface area contributed by atoms with Crippen molar-refractivity contribution in [2.75, 3.05) is 26.7 Å². The largest absolute Gasteiger partial charge is 0.394 e. The van der Waals surface area contributed by atoms with Crippen LogP contribution in [-0.4, -0.2) is 87.6 Å². The predicted molar refractivity (Wildman–Crippen MR) is 138 cm³/mol. The number of nitrogens with zero attached hydrogens (tertiary/aromatic N) is 3. The number of hydrogen-bond acceptors (Lipinski definition) is 5. The lowest BCUT2D eigenvalue weighted by Gasteiger charge is -2.41. The van der Waals surface area contributed by atoms with E-state index >= 15 is 0 Å². The number of ether oxygens (including phenoxy) is 1. The Morgan fingerprint density at radius 2 is 1.73 bits per heavy atom. The Bertz CT molecular complexity index is 1140. The van der Waals surface area contributed by atoms with Gasteiger partial charge in [0.15, 0.2) is 0 Å². The molecule has 2 saturated heterocycles. The summed E-state index contributed by atoms with van der Waals surface area (Å²) in [6.45, 7) is 6.73. The van der Waals surface area contributed by atoms with Crippen molar-refractivity contribution in [2.24, 2.45) is 17.8 Å². The molecule has 37 heavy (non-hydrogen) atoms. The first-order valence-corrected chi connectivity index (χ1v) is 13.2. The van der Waals surface area contributed by atoms with Crippen LogP contribution in [0.5, 0.6) is 0 Å². The fraction of sp³-hybridized carbons (Fsp3) is 0.552. The third kappa shape index (κ3) is 3.84. The topological polar surface area (TPSA) is 90.4 Å². The summed E-state index contributed by atoms with van der Waals surface area (Å²) in [6, 6.07) is 8.20. The Kier molecular flexibility index (Phi) is 6.52. The number of amides is 3. The van der Waals surface area contributed by atoms with E-state index in [0.29, 0.717) is 19.6 Å². The summed E-state index contributed by atoms with van der Waals surface area (Å²) in [6.07, 6.45) is 8.25. The van der Waals surface area contributed by atoms with Crippen molar-refractivity contribution >= 4 is 17.7 Å². The second-order valence-corrected chi connectivity index (χ2v) is 11.1. The molecule has 8 heteroatoms. The minimum absolute atomic E-state index is 0.0498. The monoisotopic (exact) mass is 507 g/mol. The van der Waals surface area contributed by atoms with Crippen LogP contribution in [0.15, 0.2) is 54.6 Å². The summed E-state index contributed by atoms with van der Waals surface area (Å²) in [5.74, 6) is -2.38. The van der Waals surface area contributed by atoms with Crippen molar-refractivity contribution in [2.45, 2.75) is 57.0 Å². The molecular weight excluding hydrogens is 470 g/mol. The molecule has 8 nitrogen and oxygen atoms in total. The van der Waals surface area contributed by atoms with E-state index < -0.39 is 35.1 Å². The molecule has 1 N–H and O–H groups in total. The number of rotatable bonds is 6. The van der Waals surface area contributed by atoms with E-state index in [0.717, 1.165) is 12.0 Å². The van der Waals surface area contributed by atoms with Crippen molar-refractivity contribution in [3.05, 3.63) is 60.2 Å². The quantitative estimate of drug-likeness (QED) is 0.595. The third-order valence-electron chi connectivity index (χ3n) is 8.84. The van der Waals surface area contributed by atoms with Gasteiger partial charge < -0.3 is 24.5 Å². The Labute approximate surface area is 218 Å². The highest BCUT2D eigenvalue weighted by molar-refractivity contribution is 6.00. The molecule has 4 aliphatic heterocycles. The smallest absolute Gasteiger partial charge is 0.249 e. The summed E-state index contributed by atoms with van der Waals surface area (Å²) < 4.78 is 6.81. The van der Waals surface area contributed by atoms with Gasteiger partial charge in [-0.3, -0.25) is 14.4 Å². The van der Waals surface area contributed by atoms with Gasteiger partial charge >= 0.3 is 0 Å². The molecule has 4 aliphatic rings. The minimum Gasteiger partial charge on any atom is -0.394 e. The van der Waals surface area contributed by atoms with Crippen LogP contribution in [0.25, 0.3) is 0 Å². The van der Waals surface area contributed by atoms with E-state index in [4.69, 9.17) is 4.74 Å². The van der Waals surface area contributed by atoms with Crippen molar-refractivity contribution < 1.29 is 24.2 Å². The molecule has 2 fully saturated rings. The fourth-order valence-electron chi connectivity index (χ4n) is 6.75. The maximum Gasteiger partial charge on any atom is 0.249 e. The van der Waals surface area contributed by atoms with E-state index in [2.05, 4.69) is 0 Å². The molecule has 1 spiro atoms. The van der Waals surface area contributed by atoms with Crippen LogP contribution in [0.2, 0.25) is 0 Å². The Morgan fingerprint density at radius 3 is 2.41 bits per heavy atom. The van der Waals surface area contributed by atoms with Crippen LogP contribution in [0.4, 0.5) is 0 Å². The second-order valence-electron chi connectivity index (χ2n) is 11.1. The van der Waals surface area contributed by atoms with Gasteiger partial charge in [-0.25, -0.2) is 0 Å². The molecule has 1 aromatic carbocycles. The van der Waals surface area contributed by atoms with Crippen LogP contribution >= 0.6 is 0 Å². The van der Waals surface area contributed by atoms with E-state index in [-0.39, 0.29) is 30.2 Å². The van der Waals surface area contributed by atoms with Crippen molar-refractivity contribution in [3.8, 4) is 0 Å². The highest BCUT2D eigenvalue weighted by Gasteiger charge is 2.75. The number of hydrogen-bond donors (Lipinski definition) is 1. The zero-order valence-electron chi connectivity index (χ0n) is 22.0. The van der Waals surface area contributed by atoms with Gasteiger partial charge in [0.05, 0.1) is 30.1 Å². The SMILES string of the molecule is CC[C@H](C)[C@H](CO)N1C(=O)[C@@H]2[C@H]3C(=O)N(C)CC=C[C@@]3(C)O[C@@]23C=CCN(Cc2ccccc2)C(=O)C13. The first-order valence-electron chi connectivity index (χ1n) is 13.2.